The van der Waals surface area contributed by atoms with Crippen LogP contribution in [0.5, 0.6) is 0 Å². The van der Waals surface area contributed by atoms with Crippen molar-refractivity contribution in [2.45, 2.75) is 27.2 Å². The van der Waals surface area contributed by atoms with Gasteiger partial charge in [-0.1, -0.05) is 39.0 Å². The fourth-order valence-corrected chi connectivity index (χ4v) is 0.662. The molecular formula is C10H18. The lowest BCUT2D eigenvalue weighted by atomic mass is 10.1. The smallest absolute Gasteiger partial charge is 0.0230 e. The lowest BCUT2D eigenvalue weighted by Gasteiger charge is -1.99. The molecule has 0 aromatic rings. The average molecular weight is 138 g/mol. The van der Waals surface area contributed by atoms with Crippen molar-refractivity contribution in [1.29, 1.82) is 0 Å². The maximum absolute atomic E-state index is 3.72. The highest BCUT2D eigenvalue weighted by Gasteiger charge is 1.90. The van der Waals surface area contributed by atoms with Crippen molar-refractivity contribution in [3.63, 3.8) is 0 Å². The molecule has 0 nitrogen and oxygen atoms in total. The van der Waals surface area contributed by atoms with Crippen molar-refractivity contribution in [3.05, 3.63) is 24.8 Å². The fraction of sp³-hybridized carbons (Fsp3) is 0.600. The van der Waals surface area contributed by atoms with Crippen LogP contribution in [-0.2, 0) is 0 Å². The molecule has 0 aromatic heterocycles. The van der Waals surface area contributed by atoms with Gasteiger partial charge in [0.15, 0.2) is 0 Å². The van der Waals surface area contributed by atoms with Gasteiger partial charge in [0.05, 0.1) is 0 Å². The van der Waals surface area contributed by atoms with Crippen LogP contribution in [0.15, 0.2) is 24.8 Å². The normalized spacial score (nSPS) is 14.4. The molecular weight excluding hydrogens is 120 g/mol. The number of rotatable bonds is 4. The minimum Gasteiger partial charge on any atom is -0.103 e. The second kappa shape index (κ2) is 5.28. The third kappa shape index (κ3) is 5.61. The standard InChI is InChI=1S/C10H18/c1-5-10(4)8-6-7-9(2)3/h5-7,9-10H,1,8H2,2-4H3/b7-6+. The van der Waals surface area contributed by atoms with Gasteiger partial charge in [-0.3, -0.25) is 0 Å². The molecule has 0 fully saturated rings. The van der Waals surface area contributed by atoms with Gasteiger partial charge in [-0.25, -0.2) is 0 Å². The maximum Gasteiger partial charge on any atom is -0.0230 e. The molecule has 58 valence electrons. The van der Waals surface area contributed by atoms with E-state index in [-0.39, 0.29) is 0 Å². The summed E-state index contributed by atoms with van der Waals surface area (Å²) in [6.07, 6.45) is 7.59. The topological polar surface area (TPSA) is 0 Å². The molecule has 0 saturated carbocycles. The Morgan fingerprint density at radius 1 is 1.30 bits per heavy atom. The predicted molar refractivity (Wildman–Crippen MR) is 48.0 cm³/mol. The van der Waals surface area contributed by atoms with Crippen LogP contribution in [0.25, 0.3) is 0 Å². The first-order valence-electron chi connectivity index (χ1n) is 3.96. The molecule has 0 aliphatic rings. The van der Waals surface area contributed by atoms with Gasteiger partial charge in [-0.15, -0.1) is 6.58 Å². The Hall–Kier alpha value is -0.520. The third-order valence-electron chi connectivity index (χ3n) is 1.43. The highest BCUT2D eigenvalue weighted by Crippen LogP contribution is 2.04. The van der Waals surface area contributed by atoms with Gasteiger partial charge in [0, 0.05) is 0 Å². The summed E-state index contributed by atoms with van der Waals surface area (Å²) in [6, 6.07) is 0. The highest BCUT2D eigenvalue weighted by atomic mass is 14.0. The van der Waals surface area contributed by atoms with Gasteiger partial charge in [-0.05, 0) is 18.3 Å². The van der Waals surface area contributed by atoms with Gasteiger partial charge in [0.25, 0.3) is 0 Å². The van der Waals surface area contributed by atoms with E-state index in [9.17, 15) is 0 Å². The van der Waals surface area contributed by atoms with E-state index in [0.717, 1.165) is 6.42 Å². The predicted octanol–water partition coefficient (Wildman–Crippen LogP) is 3.41. The zero-order valence-corrected chi connectivity index (χ0v) is 7.30. The van der Waals surface area contributed by atoms with E-state index in [1.165, 1.54) is 0 Å². The van der Waals surface area contributed by atoms with Crippen LogP contribution in [0.1, 0.15) is 27.2 Å². The van der Waals surface area contributed by atoms with Crippen LogP contribution >= 0.6 is 0 Å². The van der Waals surface area contributed by atoms with Crippen LogP contribution < -0.4 is 0 Å². The summed E-state index contributed by atoms with van der Waals surface area (Å²) < 4.78 is 0. The molecule has 10 heavy (non-hydrogen) atoms. The van der Waals surface area contributed by atoms with Crippen LogP contribution in [0.3, 0.4) is 0 Å². The Kier molecular flexibility index (Phi) is 5.00. The van der Waals surface area contributed by atoms with E-state index in [0.29, 0.717) is 11.8 Å². The number of allylic oxidation sites excluding steroid dienone is 3. The van der Waals surface area contributed by atoms with Gasteiger partial charge < -0.3 is 0 Å². The summed E-state index contributed by atoms with van der Waals surface area (Å²) in [4.78, 5) is 0. The second-order valence-corrected chi connectivity index (χ2v) is 3.12. The van der Waals surface area contributed by atoms with Crippen molar-refractivity contribution in [2.24, 2.45) is 11.8 Å². The van der Waals surface area contributed by atoms with Crippen LogP contribution in [0.4, 0.5) is 0 Å². The van der Waals surface area contributed by atoms with Gasteiger partial charge >= 0.3 is 0 Å². The van der Waals surface area contributed by atoms with Crippen molar-refractivity contribution in [3.8, 4) is 0 Å². The molecule has 0 heterocycles. The Balaban J connectivity index is 3.42. The molecule has 1 unspecified atom stereocenters. The van der Waals surface area contributed by atoms with E-state index in [1.54, 1.807) is 0 Å². The zero-order chi connectivity index (χ0) is 7.98. The first kappa shape index (κ1) is 9.48. The van der Waals surface area contributed by atoms with Crippen molar-refractivity contribution >= 4 is 0 Å². The summed E-state index contributed by atoms with van der Waals surface area (Å²) in [6.45, 7) is 10.3. The van der Waals surface area contributed by atoms with Crippen molar-refractivity contribution in [2.75, 3.05) is 0 Å². The largest absolute Gasteiger partial charge is 0.103 e. The van der Waals surface area contributed by atoms with E-state index >= 15 is 0 Å². The molecule has 1 atom stereocenters. The monoisotopic (exact) mass is 138 g/mol. The first-order valence-corrected chi connectivity index (χ1v) is 3.96. The molecule has 0 aromatic carbocycles. The average Bonchev–Trinajstić information content (AvgIpc) is 1.87. The molecule has 0 aliphatic heterocycles. The molecule has 0 bridgehead atoms. The lowest BCUT2D eigenvalue weighted by Crippen LogP contribution is -1.85. The second-order valence-electron chi connectivity index (χ2n) is 3.12. The molecule has 0 saturated heterocycles. The van der Waals surface area contributed by atoms with Gasteiger partial charge in [0.2, 0.25) is 0 Å². The lowest BCUT2D eigenvalue weighted by molar-refractivity contribution is 0.734. The van der Waals surface area contributed by atoms with Crippen LogP contribution in [-0.4, -0.2) is 0 Å². The first-order chi connectivity index (χ1) is 4.66. The summed E-state index contributed by atoms with van der Waals surface area (Å²) in [5, 5.41) is 0. The fourth-order valence-electron chi connectivity index (χ4n) is 0.662. The number of hydrogen-bond acceptors (Lipinski definition) is 0. The van der Waals surface area contributed by atoms with E-state index < -0.39 is 0 Å². The van der Waals surface area contributed by atoms with E-state index in [4.69, 9.17) is 0 Å². The van der Waals surface area contributed by atoms with Crippen LogP contribution in [0.2, 0.25) is 0 Å². The SMILES string of the molecule is C=CC(C)C/C=C/C(C)C. The number of hydrogen-bond donors (Lipinski definition) is 0. The Morgan fingerprint density at radius 2 is 1.90 bits per heavy atom. The molecule has 0 aliphatic carbocycles. The quantitative estimate of drug-likeness (QED) is 0.522. The molecule has 0 amide bonds. The summed E-state index contributed by atoms with van der Waals surface area (Å²) in [7, 11) is 0. The summed E-state index contributed by atoms with van der Waals surface area (Å²) in [5.74, 6) is 1.30. The molecule has 0 spiro atoms. The highest BCUT2D eigenvalue weighted by molar-refractivity contribution is 4.89. The van der Waals surface area contributed by atoms with Gasteiger partial charge in [0.1, 0.15) is 0 Å². The minimum absolute atomic E-state index is 0.620. The zero-order valence-electron chi connectivity index (χ0n) is 7.30. The minimum atomic E-state index is 0.620. The molecule has 0 rings (SSSR count). The Bertz CT molecular complexity index is 109. The van der Waals surface area contributed by atoms with Crippen molar-refractivity contribution < 1.29 is 0 Å². The molecule has 0 N–H and O–H groups in total. The summed E-state index contributed by atoms with van der Waals surface area (Å²) >= 11 is 0. The maximum atomic E-state index is 3.72. The van der Waals surface area contributed by atoms with E-state index in [2.05, 4.69) is 39.5 Å². The Labute approximate surface area is 64.6 Å². The summed E-state index contributed by atoms with van der Waals surface area (Å²) in [5.41, 5.74) is 0. The van der Waals surface area contributed by atoms with Gasteiger partial charge in [-0.2, -0.15) is 0 Å². The van der Waals surface area contributed by atoms with Crippen molar-refractivity contribution in [1.82, 2.24) is 0 Å². The third-order valence-corrected chi connectivity index (χ3v) is 1.43. The van der Waals surface area contributed by atoms with E-state index in [1.807, 2.05) is 6.08 Å². The molecule has 0 heteroatoms. The Morgan fingerprint density at radius 3 is 2.30 bits per heavy atom. The molecule has 0 radical (unpaired) electrons. The van der Waals surface area contributed by atoms with Crippen LogP contribution in [0, 0.1) is 11.8 Å².